The van der Waals surface area contributed by atoms with Crippen LogP contribution in [0.1, 0.15) is 37.7 Å². The molecule has 1 aliphatic carbocycles. The Bertz CT molecular complexity index is 877. The standard InChI is InChI=1S/C21H28N2O5S/c1-16(18-6-5-7-19(12-18)28-14-17-8-9-17)15-29(26,27)11-4-2-3-10-23-13-20(24)22-21(23)25/h2-3,5-7,12,16-17H,4,8-11,13-15H2,1H3,(H,22,24,25)/b3-2+/t16-/m0/s1. The van der Waals surface area contributed by atoms with Gasteiger partial charge in [0.05, 0.1) is 18.1 Å². The van der Waals surface area contributed by atoms with Gasteiger partial charge < -0.3 is 9.64 Å². The minimum Gasteiger partial charge on any atom is -0.493 e. The predicted molar refractivity (Wildman–Crippen MR) is 111 cm³/mol. The van der Waals surface area contributed by atoms with Crippen LogP contribution in [0.4, 0.5) is 4.79 Å². The monoisotopic (exact) mass is 420 g/mol. The summed E-state index contributed by atoms with van der Waals surface area (Å²) in [7, 11) is -3.22. The fourth-order valence-corrected chi connectivity index (χ4v) is 4.78. The van der Waals surface area contributed by atoms with Crippen molar-refractivity contribution in [2.45, 2.75) is 32.1 Å². The third kappa shape index (κ3) is 6.88. The maximum absolute atomic E-state index is 12.5. The Kier molecular flexibility index (Phi) is 6.95. The van der Waals surface area contributed by atoms with Gasteiger partial charge in [0.1, 0.15) is 12.3 Å². The molecule has 29 heavy (non-hydrogen) atoms. The molecule has 7 nitrogen and oxygen atoms in total. The molecule has 0 spiro atoms. The predicted octanol–water partition coefficient (Wildman–Crippen LogP) is 2.49. The SMILES string of the molecule is C[C@@H](CS(=O)(=O)CC/C=C/CN1CC(=O)NC1=O)c1cccc(OCC2CC2)c1. The molecule has 2 fully saturated rings. The van der Waals surface area contributed by atoms with Crippen LogP contribution < -0.4 is 10.1 Å². The first-order chi connectivity index (χ1) is 13.8. The number of imide groups is 1. The number of carbonyl (C=O) groups excluding carboxylic acids is 2. The number of ether oxygens (including phenoxy) is 1. The maximum Gasteiger partial charge on any atom is 0.324 e. The highest BCUT2D eigenvalue weighted by Crippen LogP contribution is 2.30. The van der Waals surface area contributed by atoms with E-state index in [9.17, 15) is 18.0 Å². The van der Waals surface area contributed by atoms with Crippen LogP contribution in [0, 0.1) is 5.92 Å². The molecule has 3 amide bonds. The average Bonchev–Trinajstić information content (AvgIpc) is 3.44. The van der Waals surface area contributed by atoms with E-state index in [-0.39, 0.29) is 29.9 Å². The zero-order valence-electron chi connectivity index (χ0n) is 16.7. The van der Waals surface area contributed by atoms with E-state index in [1.807, 2.05) is 31.2 Å². The average molecular weight is 421 g/mol. The van der Waals surface area contributed by atoms with E-state index < -0.39 is 15.9 Å². The lowest BCUT2D eigenvalue weighted by molar-refractivity contribution is -0.118. The summed E-state index contributed by atoms with van der Waals surface area (Å²) in [6.45, 7) is 2.98. The van der Waals surface area contributed by atoms with Gasteiger partial charge in [-0.25, -0.2) is 13.2 Å². The highest BCUT2D eigenvalue weighted by Gasteiger charge is 2.25. The van der Waals surface area contributed by atoms with Crippen LogP contribution >= 0.6 is 0 Å². The molecule has 3 rings (SSSR count). The third-order valence-electron chi connectivity index (χ3n) is 5.07. The van der Waals surface area contributed by atoms with E-state index in [1.165, 1.54) is 17.7 Å². The zero-order valence-corrected chi connectivity index (χ0v) is 17.5. The number of hydrogen-bond donors (Lipinski definition) is 1. The van der Waals surface area contributed by atoms with Gasteiger partial charge in [-0.15, -0.1) is 0 Å². The van der Waals surface area contributed by atoms with Gasteiger partial charge in [-0.3, -0.25) is 10.1 Å². The second-order valence-corrected chi connectivity index (χ2v) is 10.1. The molecule has 8 heteroatoms. The largest absolute Gasteiger partial charge is 0.493 e. The molecule has 1 atom stereocenters. The molecule has 1 aliphatic heterocycles. The highest BCUT2D eigenvalue weighted by atomic mass is 32.2. The van der Waals surface area contributed by atoms with E-state index in [2.05, 4.69) is 5.32 Å². The Balaban J connectivity index is 1.43. The molecule has 1 saturated carbocycles. The first kappa shape index (κ1) is 21.4. The molecule has 1 heterocycles. The van der Waals surface area contributed by atoms with Crippen LogP contribution in [0.3, 0.4) is 0 Å². The number of sulfone groups is 1. The van der Waals surface area contributed by atoms with E-state index in [1.54, 1.807) is 12.2 Å². The van der Waals surface area contributed by atoms with Crippen LogP contribution in [-0.2, 0) is 14.6 Å². The first-order valence-electron chi connectivity index (χ1n) is 9.99. The summed E-state index contributed by atoms with van der Waals surface area (Å²) >= 11 is 0. The Labute approximate surface area is 172 Å². The van der Waals surface area contributed by atoms with Crippen molar-refractivity contribution in [1.82, 2.24) is 10.2 Å². The van der Waals surface area contributed by atoms with Crippen molar-refractivity contribution >= 4 is 21.8 Å². The summed E-state index contributed by atoms with van der Waals surface area (Å²) < 4.78 is 30.7. The van der Waals surface area contributed by atoms with E-state index in [0.29, 0.717) is 18.9 Å². The molecule has 1 aromatic rings. The van der Waals surface area contributed by atoms with E-state index in [4.69, 9.17) is 4.74 Å². The number of hydrogen-bond acceptors (Lipinski definition) is 5. The molecule has 2 aliphatic rings. The van der Waals surface area contributed by atoms with Gasteiger partial charge in [-0.05, 0) is 48.8 Å². The summed E-state index contributed by atoms with van der Waals surface area (Å²) in [5.41, 5.74) is 0.960. The molecule has 1 saturated heterocycles. The summed E-state index contributed by atoms with van der Waals surface area (Å²) in [5.74, 6) is 1.16. The van der Waals surface area contributed by atoms with Crippen molar-refractivity contribution in [1.29, 1.82) is 0 Å². The molecule has 0 aromatic heterocycles. The van der Waals surface area contributed by atoms with Crippen molar-refractivity contribution in [3.8, 4) is 5.75 Å². The van der Waals surface area contributed by atoms with E-state index >= 15 is 0 Å². The second kappa shape index (κ2) is 9.43. The molecule has 0 bridgehead atoms. The number of allylic oxidation sites excluding steroid dienone is 1. The highest BCUT2D eigenvalue weighted by molar-refractivity contribution is 7.91. The molecular formula is C21H28N2O5S. The first-order valence-corrected chi connectivity index (χ1v) is 11.8. The molecular weight excluding hydrogens is 392 g/mol. The van der Waals surface area contributed by atoms with E-state index in [0.717, 1.165) is 17.9 Å². The lowest BCUT2D eigenvalue weighted by Crippen LogP contribution is -2.28. The second-order valence-electron chi connectivity index (χ2n) is 7.84. The minimum atomic E-state index is -3.22. The van der Waals surface area contributed by atoms with Crippen molar-refractivity contribution in [3.05, 3.63) is 42.0 Å². The van der Waals surface area contributed by atoms with Gasteiger partial charge in [0, 0.05) is 6.54 Å². The Morgan fingerprint density at radius 3 is 2.76 bits per heavy atom. The lowest BCUT2D eigenvalue weighted by atomic mass is 10.0. The number of benzene rings is 1. The van der Waals surface area contributed by atoms with Gasteiger partial charge in [-0.2, -0.15) is 0 Å². The molecule has 1 N–H and O–H groups in total. The van der Waals surface area contributed by atoms with Crippen LogP contribution in [0.5, 0.6) is 5.75 Å². The van der Waals surface area contributed by atoms with Crippen molar-refractivity contribution in [2.75, 3.05) is 31.2 Å². The van der Waals surface area contributed by atoms with Gasteiger partial charge in [0.2, 0.25) is 5.91 Å². The maximum atomic E-state index is 12.5. The van der Waals surface area contributed by atoms with Gasteiger partial charge in [0.25, 0.3) is 0 Å². The molecule has 158 valence electrons. The summed E-state index contributed by atoms with van der Waals surface area (Å²) in [6, 6.07) is 7.27. The fraction of sp³-hybridized carbons (Fsp3) is 0.524. The number of rotatable bonds is 11. The van der Waals surface area contributed by atoms with Gasteiger partial charge in [-0.1, -0.05) is 31.2 Å². The topological polar surface area (TPSA) is 92.8 Å². The zero-order chi connectivity index (χ0) is 20.9. The van der Waals surface area contributed by atoms with Crippen LogP contribution in [-0.4, -0.2) is 56.5 Å². The van der Waals surface area contributed by atoms with Gasteiger partial charge in [0.15, 0.2) is 9.84 Å². The summed E-state index contributed by atoms with van der Waals surface area (Å²) in [4.78, 5) is 23.9. The summed E-state index contributed by atoms with van der Waals surface area (Å²) in [6.07, 6.45) is 6.30. The van der Waals surface area contributed by atoms with Crippen LogP contribution in [0.25, 0.3) is 0 Å². The minimum absolute atomic E-state index is 0.0441. The fourth-order valence-electron chi connectivity index (χ4n) is 3.17. The molecule has 1 aromatic carbocycles. The Morgan fingerprint density at radius 2 is 2.07 bits per heavy atom. The number of amides is 3. The normalized spacial score (nSPS) is 18.3. The number of carbonyl (C=O) groups is 2. The van der Waals surface area contributed by atoms with Crippen molar-refractivity contribution < 1.29 is 22.7 Å². The Morgan fingerprint density at radius 1 is 1.28 bits per heavy atom. The lowest BCUT2D eigenvalue weighted by Gasteiger charge is -2.14. The smallest absolute Gasteiger partial charge is 0.324 e. The van der Waals surface area contributed by atoms with Crippen molar-refractivity contribution in [3.63, 3.8) is 0 Å². The van der Waals surface area contributed by atoms with Crippen LogP contribution in [0.15, 0.2) is 36.4 Å². The number of nitrogens with one attached hydrogen (secondary N) is 1. The Hall–Kier alpha value is -2.35. The van der Waals surface area contributed by atoms with Crippen molar-refractivity contribution in [2.24, 2.45) is 5.92 Å². The quantitative estimate of drug-likeness (QED) is 0.439. The number of urea groups is 1. The number of nitrogens with zero attached hydrogens (tertiary/aromatic N) is 1. The van der Waals surface area contributed by atoms with Crippen LogP contribution in [0.2, 0.25) is 0 Å². The molecule has 0 radical (unpaired) electrons. The van der Waals surface area contributed by atoms with Gasteiger partial charge >= 0.3 is 6.03 Å². The summed E-state index contributed by atoms with van der Waals surface area (Å²) in [5, 5.41) is 2.20. The molecule has 0 unspecified atom stereocenters. The third-order valence-corrected chi connectivity index (χ3v) is 6.94.